The standard InChI is InChI=1S/C22H14O4/c23-18-12-11-13-5-1-2-8-15(13)20(18)21(24)16-9-3-6-14-7-4-10-17(19(14)16)22(25)26/h1-12,23H,(H,25,26). The zero-order valence-corrected chi connectivity index (χ0v) is 13.6. The van der Waals surface area contributed by atoms with Crippen molar-refractivity contribution in [2.75, 3.05) is 0 Å². The van der Waals surface area contributed by atoms with Crippen LogP contribution in [0.3, 0.4) is 0 Å². The molecule has 0 aliphatic heterocycles. The second-order valence-electron chi connectivity index (χ2n) is 6.02. The fourth-order valence-corrected chi connectivity index (χ4v) is 3.34. The van der Waals surface area contributed by atoms with E-state index in [-0.39, 0.29) is 22.4 Å². The maximum atomic E-state index is 13.3. The van der Waals surface area contributed by atoms with Crippen LogP contribution in [-0.2, 0) is 0 Å². The molecule has 0 aromatic heterocycles. The van der Waals surface area contributed by atoms with Crippen LogP contribution in [0.15, 0.2) is 72.8 Å². The lowest BCUT2D eigenvalue weighted by molar-refractivity contribution is 0.0699. The van der Waals surface area contributed by atoms with Crippen molar-refractivity contribution < 1.29 is 19.8 Å². The van der Waals surface area contributed by atoms with Gasteiger partial charge in [0.2, 0.25) is 0 Å². The van der Waals surface area contributed by atoms with Crippen molar-refractivity contribution in [2.24, 2.45) is 0 Å². The van der Waals surface area contributed by atoms with Crippen LogP contribution in [-0.4, -0.2) is 22.0 Å². The van der Waals surface area contributed by atoms with Crippen LogP contribution in [0.2, 0.25) is 0 Å². The average molecular weight is 342 g/mol. The predicted molar refractivity (Wildman–Crippen MR) is 100.0 cm³/mol. The van der Waals surface area contributed by atoms with E-state index >= 15 is 0 Å². The average Bonchev–Trinajstić information content (AvgIpc) is 2.66. The molecule has 4 rings (SSSR count). The van der Waals surface area contributed by atoms with Gasteiger partial charge in [0.25, 0.3) is 0 Å². The molecular weight excluding hydrogens is 328 g/mol. The number of phenols is 1. The number of carboxylic acid groups (broad SMARTS) is 1. The number of carbonyl (C=O) groups is 2. The minimum Gasteiger partial charge on any atom is -0.507 e. The van der Waals surface area contributed by atoms with E-state index < -0.39 is 11.8 Å². The Hall–Kier alpha value is -3.66. The van der Waals surface area contributed by atoms with Crippen LogP contribution < -0.4 is 0 Å². The van der Waals surface area contributed by atoms with Gasteiger partial charge >= 0.3 is 5.97 Å². The molecule has 0 radical (unpaired) electrons. The molecule has 0 atom stereocenters. The van der Waals surface area contributed by atoms with Gasteiger partial charge in [0.15, 0.2) is 5.78 Å². The Balaban J connectivity index is 2.05. The number of fused-ring (bicyclic) bond motifs is 2. The summed E-state index contributed by atoms with van der Waals surface area (Å²) in [6.45, 7) is 0. The van der Waals surface area contributed by atoms with Crippen molar-refractivity contribution >= 4 is 33.3 Å². The number of ketones is 1. The first-order valence-corrected chi connectivity index (χ1v) is 8.08. The molecule has 126 valence electrons. The van der Waals surface area contributed by atoms with Gasteiger partial charge in [-0.25, -0.2) is 4.79 Å². The summed E-state index contributed by atoms with van der Waals surface area (Å²) in [6.07, 6.45) is 0. The van der Waals surface area contributed by atoms with Crippen molar-refractivity contribution in [3.63, 3.8) is 0 Å². The van der Waals surface area contributed by atoms with Gasteiger partial charge in [-0.15, -0.1) is 0 Å². The van der Waals surface area contributed by atoms with Gasteiger partial charge in [0.1, 0.15) is 5.75 Å². The molecule has 0 unspecified atom stereocenters. The van der Waals surface area contributed by atoms with Crippen LogP contribution in [0, 0.1) is 0 Å². The molecule has 0 spiro atoms. The molecule has 0 amide bonds. The van der Waals surface area contributed by atoms with Gasteiger partial charge in [-0.05, 0) is 28.3 Å². The summed E-state index contributed by atoms with van der Waals surface area (Å²) >= 11 is 0. The first kappa shape index (κ1) is 15.8. The monoisotopic (exact) mass is 342 g/mol. The van der Waals surface area contributed by atoms with Crippen LogP contribution in [0.25, 0.3) is 21.5 Å². The minimum atomic E-state index is -1.10. The molecule has 4 heteroatoms. The van der Waals surface area contributed by atoms with Crippen molar-refractivity contribution in [2.45, 2.75) is 0 Å². The SMILES string of the molecule is O=C(O)c1cccc2cccc(C(=O)c3c(O)ccc4ccccc34)c12. The quantitative estimate of drug-likeness (QED) is 0.532. The van der Waals surface area contributed by atoms with E-state index in [2.05, 4.69) is 0 Å². The summed E-state index contributed by atoms with van der Waals surface area (Å²) < 4.78 is 0. The third-order valence-corrected chi connectivity index (χ3v) is 4.51. The summed E-state index contributed by atoms with van der Waals surface area (Å²) in [7, 11) is 0. The Kier molecular flexibility index (Phi) is 3.66. The molecular formula is C22H14O4. The van der Waals surface area contributed by atoms with Gasteiger partial charge in [0, 0.05) is 10.9 Å². The summed E-state index contributed by atoms with van der Waals surface area (Å²) in [4.78, 5) is 25.0. The number of rotatable bonds is 3. The predicted octanol–water partition coefficient (Wildman–Crippen LogP) is 4.63. The molecule has 0 saturated heterocycles. The molecule has 0 bridgehead atoms. The number of benzene rings is 4. The van der Waals surface area contributed by atoms with Crippen LogP contribution in [0.5, 0.6) is 5.75 Å². The van der Waals surface area contributed by atoms with E-state index in [0.29, 0.717) is 16.2 Å². The minimum absolute atomic E-state index is 0.0613. The lowest BCUT2D eigenvalue weighted by Crippen LogP contribution is -2.07. The van der Waals surface area contributed by atoms with Gasteiger partial charge in [-0.2, -0.15) is 0 Å². The normalized spacial score (nSPS) is 10.9. The highest BCUT2D eigenvalue weighted by Crippen LogP contribution is 2.32. The lowest BCUT2D eigenvalue weighted by atomic mass is 9.91. The molecule has 0 saturated carbocycles. The molecule has 26 heavy (non-hydrogen) atoms. The third-order valence-electron chi connectivity index (χ3n) is 4.51. The Labute approximate surface area is 148 Å². The van der Waals surface area contributed by atoms with E-state index in [1.807, 2.05) is 12.1 Å². The number of carbonyl (C=O) groups excluding carboxylic acids is 1. The fourth-order valence-electron chi connectivity index (χ4n) is 3.34. The van der Waals surface area contributed by atoms with E-state index in [0.717, 1.165) is 5.39 Å². The Morgan fingerprint density at radius 2 is 1.35 bits per heavy atom. The molecule has 0 fully saturated rings. The van der Waals surface area contributed by atoms with E-state index in [4.69, 9.17) is 0 Å². The Morgan fingerprint density at radius 3 is 2.08 bits per heavy atom. The van der Waals surface area contributed by atoms with Gasteiger partial charge < -0.3 is 10.2 Å². The molecule has 4 aromatic rings. The zero-order valence-electron chi connectivity index (χ0n) is 13.6. The van der Waals surface area contributed by atoms with Crippen molar-refractivity contribution in [3.05, 3.63) is 89.5 Å². The maximum absolute atomic E-state index is 13.3. The molecule has 0 heterocycles. The van der Waals surface area contributed by atoms with Gasteiger partial charge in [-0.1, -0.05) is 60.7 Å². The largest absolute Gasteiger partial charge is 0.507 e. The first-order valence-electron chi connectivity index (χ1n) is 8.08. The van der Waals surface area contributed by atoms with E-state index in [1.165, 1.54) is 12.1 Å². The summed E-state index contributed by atoms with van der Waals surface area (Å²) in [5.41, 5.74) is 0.495. The second kappa shape index (κ2) is 6.01. The highest BCUT2D eigenvalue weighted by atomic mass is 16.4. The second-order valence-corrected chi connectivity index (χ2v) is 6.02. The van der Waals surface area contributed by atoms with Gasteiger partial charge in [0.05, 0.1) is 11.1 Å². The maximum Gasteiger partial charge on any atom is 0.336 e. The molecule has 0 aliphatic carbocycles. The summed E-state index contributed by atoms with van der Waals surface area (Å²) in [6, 6.07) is 20.5. The lowest BCUT2D eigenvalue weighted by Gasteiger charge is -2.12. The number of aromatic hydroxyl groups is 1. The summed E-state index contributed by atoms with van der Waals surface area (Å²) in [5, 5.41) is 22.4. The zero-order chi connectivity index (χ0) is 18.3. The fraction of sp³-hybridized carbons (Fsp3) is 0. The Bertz CT molecular complexity index is 1190. The van der Waals surface area contributed by atoms with Crippen molar-refractivity contribution in [3.8, 4) is 5.75 Å². The van der Waals surface area contributed by atoms with Crippen LogP contribution in [0.1, 0.15) is 26.3 Å². The summed E-state index contributed by atoms with van der Waals surface area (Å²) in [5.74, 6) is -1.63. The third kappa shape index (κ3) is 2.40. The Morgan fingerprint density at radius 1 is 0.692 bits per heavy atom. The number of hydrogen-bond acceptors (Lipinski definition) is 3. The molecule has 0 aliphatic rings. The van der Waals surface area contributed by atoms with Crippen LogP contribution in [0.4, 0.5) is 0 Å². The first-order chi connectivity index (χ1) is 12.6. The topological polar surface area (TPSA) is 74.6 Å². The highest BCUT2D eigenvalue weighted by molar-refractivity contribution is 6.24. The van der Waals surface area contributed by atoms with Crippen molar-refractivity contribution in [1.82, 2.24) is 0 Å². The van der Waals surface area contributed by atoms with Crippen LogP contribution >= 0.6 is 0 Å². The smallest absolute Gasteiger partial charge is 0.336 e. The van der Waals surface area contributed by atoms with E-state index in [1.54, 1.807) is 48.5 Å². The molecule has 4 nitrogen and oxygen atoms in total. The highest BCUT2D eigenvalue weighted by Gasteiger charge is 2.21. The molecule has 4 aromatic carbocycles. The number of hydrogen-bond donors (Lipinski definition) is 2. The number of phenolic OH excluding ortho intramolecular Hbond substituents is 1. The van der Waals surface area contributed by atoms with Gasteiger partial charge in [-0.3, -0.25) is 4.79 Å². The van der Waals surface area contributed by atoms with E-state index in [9.17, 15) is 19.8 Å². The number of aromatic carboxylic acids is 1. The molecule has 2 N–H and O–H groups in total. The number of carboxylic acids is 1. The van der Waals surface area contributed by atoms with Crippen molar-refractivity contribution in [1.29, 1.82) is 0 Å².